The van der Waals surface area contributed by atoms with E-state index in [9.17, 15) is 14.4 Å². The second-order valence-corrected chi connectivity index (χ2v) is 10.1. The van der Waals surface area contributed by atoms with E-state index < -0.39 is 6.04 Å². The van der Waals surface area contributed by atoms with Gasteiger partial charge >= 0.3 is 0 Å². The Labute approximate surface area is 235 Å². The first-order chi connectivity index (χ1) is 19.4. The number of benzene rings is 2. The minimum absolute atomic E-state index is 0.00619. The van der Waals surface area contributed by atoms with Crippen LogP contribution in [0.15, 0.2) is 60.9 Å². The van der Waals surface area contributed by atoms with Crippen molar-refractivity contribution in [2.45, 2.75) is 64.8 Å². The van der Waals surface area contributed by atoms with Crippen LogP contribution in [0.2, 0.25) is 0 Å². The second kappa shape index (κ2) is 13.7. The zero-order valence-corrected chi connectivity index (χ0v) is 23.2. The number of rotatable bonds is 12. The molecule has 1 aromatic heterocycles. The van der Waals surface area contributed by atoms with Crippen LogP contribution in [0.5, 0.6) is 0 Å². The van der Waals surface area contributed by atoms with Gasteiger partial charge in [-0.05, 0) is 48.6 Å². The highest BCUT2D eigenvalue weighted by atomic mass is 16.2. The number of carbonyl (C=O) groups is 3. The van der Waals surface area contributed by atoms with Crippen LogP contribution in [-0.2, 0) is 29.2 Å². The van der Waals surface area contributed by atoms with Crippen LogP contribution in [0.1, 0.15) is 60.4 Å². The minimum atomic E-state index is -0.523. The van der Waals surface area contributed by atoms with E-state index in [1.165, 1.54) is 0 Å². The molecule has 3 amide bonds. The molecule has 10 nitrogen and oxygen atoms in total. The number of hydrogen-bond donors (Lipinski definition) is 4. The number of aromatic amines is 1. The number of aromatic nitrogens is 2. The molecular formula is C30H39N7O3. The van der Waals surface area contributed by atoms with Crippen molar-refractivity contribution >= 4 is 23.4 Å². The maximum atomic E-state index is 13.8. The van der Waals surface area contributed by atoms with Crippen molar-refractivity contribution in [2.24, 2.45) is 5.73 Å². The molecule has 0 fully saturated rings. The highest BCUT2D eigenvalue weighted by Gasteiger charge is 2.29. The summed E-state index contributed by atoms with van der Waals surface area (Å²) in [6.45, 7) is 5.91. The van der Waals surface area contributed by atoms with Gasteiger partial charge in [0.15, 0.2) is 0 Å². The number of fused-ring (bicyclic) bond motifs is 1. The minimum Gasteiger partial charge on any atom is -0.373 e. The molecule has 5 N–H and O–H groups in total. The molecule has 0 saturated heterocycles. The smallest absolute Gasteiger partial charge is 0.254 e. The van der Waals surface area contributed by atoms with Crippen molar-refractivity contribution in [3.05, 3.63) is 83.4 Å². The van der Waals surface area contributed by atoms with Gasteiger partial charge in [-0.1, -0.05) is 44.2 Å². The number of nitrogens with one attached hydrogen (secondary N) is 3. The van der Waals surface area contributed by atoms with Crippen molar-refractivity contribution in [1.29, 1.82) is 0 Å². The molecular weight excluding hydrogens is 506 g/mol. The van der Waals surface area contributed by atoms with Gasteiger partial charge in [0.25, 0.3) is 5.91 Å². The zero-order valence-electron chi connectivity index (χ0n) is 23.2. The molecule has 3 aromatic rings. The maximum absolute atomic E-state index is 13.8. The predicted molar refractivity (Wildman–Crippen MR) is 154 cm³/mol. The fourth-order valence-corrected chi connectivity index (χ4v) is 4.77. The van der Waals surface area contributed by atoms with Gasteiger partial charge in [0.1, 0.15) is 11.9 Å². The lowest BCUT2D eigenvalue weighted by molar-refractivity contribution is -0.132. The van der Waals surface area contributed by atoms with Crippen LogP contribution in [0, 0.1) is 0 Å². The first-order valence-electron chi connectivity index (χ1n) is 13.9. The third-order valence-electron chi connectivity index (χ3n) is 7.14. The molecule has 1 aliphatic rings. The van der Waals surface area contributed by atoms with Gasteiger partial charge < -0.3 is 31.2 Å². The Morgan fingerprint density at radius 3 is 2.67 bits per heavy atom. The summed E-state index contributed by atoms with van der Waals surface area (Å²) < 4.78 is 0. The number of amides is 3. The summed E-state index contributed by atoms with van der Waals surface area (Å²) in [5.41, 5.74) is 9.09. The Morgan fingerprint density at radius 1 is 1.18 bits per heavy atom. The number of imidazole rings is 1. The lowest BCUT2D eigenvalue weighted by Gasteiger charge is -2.24. The van der Waals surface area contributed by atoms with Crippen molar-refractivity contribution in [3.8, 4) is 0 Å². The molecule has 2 heterocycles. The summed E-state index contributed by atoms with van der Waals surface area (Å²) in [4.78, 5) is 50.1. The van der Waals surface area contributed by atoms with Gasteiger partial charge in [-0.2, -0.15) is 0 Å². The number of anilines is 1. The Morgan fingerprint density at radius 2 is 1.98 bits per heavy atom. The van der Waals surface area contributed by atoms with Crippen LogP contribution >= 0.6 is 0 Å². The first-order valence-corrected chi connectivity index (χ1v) is 13.9. The van der Waals surface area contributed by atoms with Gasteiger partial charge in [-0.15, -0.1) is 0 Å². The van der Waals surface area contributed by atoms with E-state index in [0.29, 0.717) is 63.4 Å². The average molecular weight is 546 g/mol. The molecule has 0 unspecified atom stereocenters. The molecule has 0 saturated carbocycles. The van der Waals surface area contributed by atoms with Crippen molar-refractivity contribution in [2.75, 3.05) is 18.4 Å². The quantitative estimate of drug-likeness (QED) is 0.258. The van der Waals surface area contributed by atoms with E-state index in [1.54, 1.807) is 22.2 Å². The average Bonchev–Trinajstić information content (AvgIpc) is 3.45. The number of nitrogens with zero attached hydrogens (tertiary/aromatic N) is 3. The summed E-state index contributed by atoms with van der Waals surface area (Å²) in [6, 6.07) is 14.6. The molecule has 40 heavy (non-hydrogen) atoms. The molecule has 10 heteroatoms. The van der Waals surface area contributed by atoms with E-state index in [2.05, 4.69) is 20.6 Å². The summed E-state index contributed by atoms with van der Waals surface area (Å²) in [6.07, 6.45) is 5.22. The molecule has 212 valence electrons. The summed E-state index contributed by atoms with van der Waals surface area (Å²) >= 11 is 0. The van der Waals surface area contributed by atoms with E-state index in [1.807, 2.05) is 62.4 Å². The topological polar surface area (TPSA) is 136 Å². The third kappa shape index (κ3) is 7.26. The number of H-pyrrole nitrogens is 1. The molecule has 2 atom stereocenters. The number of carbonyl (C=O) groups excluding carboxylic acids is 3. The summed E-state index contributed by atoms with van der Waals surface area (Å²) in [5.74, 6) is 0.412. The van der Waals surface area contributed by atoms with Crippen LogP contribution in [0.4, 0.5) is 5.69 Å². The van der Waals surface area contributed by atoms with Gasteiger partial charge in [0, 0.05) is 49.8 Å². The van der Waals surface area contributed by atoms with E-state index in [-0.39, 0.29) is 23.8 Å². The van der Waals surface area contributed by atoms with E-state index in [4.69, 9.17) is 5.73 Å². The monoisotopic (exact) mass is 545 g/mol. The van der Waals surface area contributed by atoms with Crippen LogP contribution < -0.4 is 16.4 Å². The van der Waals surface area contributed by atoms with Gasteiger partial charge in [-0.25, -0.2) is 4.98 Å². The lowest BCUT2D eigenvalue weighted by atomic mass is 10.1. The Kier molecular flexibility index (Phi) is 9.91. The molecule has 4 rings (SSSR count). The standard InChI is InChI=1S/C30H39N7O3/c1-3-24(31)28(38)34-13-8-16-36-19-23-17-22(11-12-26(23)35-25(4-2)30(36)40)29(39)37(20-27-32-14-15-33-27)18-21-9-6-5-7-10-21/h5-7,9-12,14-15,17,24-25,35H,3-4,8,13,16,18-20,31H2,1-2H3,(H,32,33)(H,34,38)/t24-,25-/m0/s1. The predicted octanol–water partition coefficient (Wildman–Crippen LogP) is 3.03. The van der Waals surface area contributed by atoms with Crippen molar-refractivity contribution in [3.63, 3.8) is 0 Å². The molecule has 0 radical (unpaired) electrons. The molecule has 0 aliphatic carbocycles. The Balaban J connectivity index is 1.52. The largest absolute Gasteiger partial charge is 0.373 e. The second-order valence-electron chi connectivity index (χ2n) is 10.1. The first kappa shape index (κ1) is 28.8. The van der Waals surface area contributed by atoms with E-state index >= 15 is 0 Å². The highest BCUT2D eigenvalue weighted by Crippen LogP contribution is 2.26. The van der Waals surface area contributed by atoms with Crippen LogP contribution in [0.3, 0.4) is 0 Å². The SMILES string of the molecule is CC[C@@H]1Nc2ccc(C(=O)N(Cc3ccccc3)Cc3ncc[nH]3)cc2CN(CCCNC(=O)[C@@H](N)CC)C1=O. The number of nitrogens with two attached hydrogens (primary N) is 1. The van der Waals surface area contributed by atoms with Crippen molar-refractivity contribution in [1.82, 2.24) is 25.1 Å². The van der Waals surface area contributed by atoms with Gasteiger partial charge in [0.05, 0.1) is 12.6 Å². The zero-order chi connectivity index (χ0) is 28.5. The lowest BCUT2D eigenvalue weighted by Crippen LogP contribution is -2.43. The molecule has 0 bridgehead atoms. The Hall–Kier alpha value is -4.18. The normalized spacial score (nSPS) is 15.5. The van der Waals surface area contributed by atoms with Crippen molar-refractivity contribution < 1.29 is 14.4 Å². The Bertz CT molecular complexity index is 1280. The van der Waals surface area contributed by atoms with Crippen LogP contribution in [0.25, 0.3) is 0 Å². The fraction of sp³-hybridized carbons (Fsp3) is 0.400. The van der Waals surface area contributed by atoms with Gasteiger partial charge in [-0.3, -0.25) is 14.4 Å². The van der Waals surface area contributed by atoms with Crippen LogP contribution in [-0.4, -0.2) is 62.7 Å². The summed E-state index contributed by atoms with van der Waals surface area (Å²) in [5, 5.41) is 6.22. The summed E-state index contributed by atoms with van der Waals surface area (Å²) in [7, 11) is 0. The highest BCUT2D eigenvalue weighted by molar-refractivity contribution is 5.95. The maximum Gasteiger partial charge on any atom is 0.254 e. The molecule has 2 aromatic carbocycles. The van der Waals surface area contributed by atoms with Gasteiger partial charge in [0.2, 0.25) is 11.8 Å². The molecule has 1 aliphatic heterocycles. The molecule has 0 spiro atoms. The third-order valence-corrected chi connectivity index (χ3v) is 7.14. The van der Waals surface area contributed by atoms with E-state index in [0.717, 1.165) is 16.8 Å². The fourth-order valence-electron chi connectivity index (χ4n) is 4.77. The number of hydrogen-bond acceptors (Lipinski definition) is 6.